The lowest BCUT2D eigenvalue weighted by atomic mass is 10.6. The quantitative estimate of drug-likeness (QED) is 0.286. The van der Waals surface area contributed by atoms with E-state index in [0.717, 1.165) is 0 Å². The molecule has 0 fully saturated rings. The minimum absolute atomic E-state index is 0.0254. The van der Waals surface area contributed by atoms with Crippen LogP contribution >= 0.6 is 15.2 Å². The van der Waals surface area contributed by atoms with Crippen LogP contribution in [0.5, 0.6) is 0 Å². The van der Waals surface area contributed by atoms with Crippen LogP contribution in [0.2, 0.25) is 0 Å². The molecule has 0 N–H and O–H groups in total. The molecule has 0 radical (unpaired) electrons. The maximum Gasteiger partial charge on any atom is 0.335 e. The molecule has 0 amide bonds. The molecule has 0 saturated carbocycles. The predicted octanol–water partition coefficient (Wildman–Crippen LogP) is 4.74. The number of rotatable bonds is 16. The molecule has 24 heavy (non-hydrogen) atoms. The van der Waals surface area contributed by atoms with E-state index in [1.54, 1.807) is 12.2 Å². The molecule has 0 heterocycles. The fraction of sp³-hybridized carbons (Fsp3) is 0.375. The molecule has 0 spiro atoms. The summed E-state index contributed by atoms with van der Waals surface area (Å²) < 4.78 is 45.7. The Hall–Kier alpha value is -1.00. The van der Waals surface area contributed by atoms with E-state index in [-0.39, 0.29) is 38.8 Å². The fourth-order valence-corrected chi connectivity index (χ4v) is 4.07. The normalized spacial score (nSPS) is 12.2. The molecule has 6 nitrogen and oxygen atoms in total. The Labute approximate surface area is 144 Å². The van der Waals surface area contributed by atoms with Crippen molar-refractivity contribution in [1.82, 2.24) is 0 Å². The lowest BCUT2D eigenvalue weighted by Crippen LogP contribution is -2.01. The van der Waals surface area contributed by atoms with Gasteiger partial charge in [-0.2, -0.15) is 0 Å². The van der Waals surface area contributed by atoms with E-state index in [1.807, 2.05) is 0 Å². The predicted molar refractivity (Wildman–Crippen MR) is 98.7 cm³/mol. The maximum absolute atomic E-state index is 12.5. The number of allylic oxidation sites excluding steroid dienone is 2. The molecule has 0 aromatic carbocycles. The maximum atomic E-state index is 12.5. The number of hydrogen-bond acceptors (Lipinski definition) is 6. The number of hydrogen-bond donors (Lipinski definition) is 0. The SMILES string of the molecule is C=CCOP(=O)(CC=CCP(=O)(OCC=C)OCC=C)OCC=C. The molecule has 0 unspecified atom stereocenters. The van der Waals surface area contributed by atoms with Crippen LogP contribution in [0.1, 0.15) is 0 Å². The van der Waals surface area contributed by atoms with E-state index < -0.39 is 15.2 Å². The van der Waals surface area contributed by atoms with Crippen molar-refractivity contribution in [3.8, 4) is 0 Å². The molecule has 0 bridgehead atoms. The first-order valence-corrected chi connectivity index (χ1v) is 10.8. The van der Waals surface area contributed by atoms with Crippen molar-refractivity contribution >= 4 is 15.2 Å². The minimum Gasteiger partial charge on any atom is -0.304 e. The molecule has 0 aromatic heterocycles. The van der Waals surface area contributed by atoms with E-state index in [9.17, 15) is 9.13 Å². The first kappa shape index (κ1) is 23.0. The molecular weight excluding hydrogens is 350 g/mol. The fourth-order valence-electron chi connectivity index (χ4n) is 1.36. The van der Waals surface area contributed by atoms with E-state index in [2.05, 4.69) is 26.3 Å². The van der Waals surface area contributed by atoms with Crippen LogP contribution in [0.4, 0.5) is 0 Å². The van der Waals surface area contributed by atoms with Crippen molar-refractivity contribution in [2.45, 2.75) is 0 Å². The smallest absolute Gasteiger partial charge is 0.304 e. The largest absolute Gasteiger partial charge is 0.335 e. The Morgan fingerprint density at radius 1 is 0.583 bits per heavy atom. The molecular formula is C16H26O6P2. The second-order valence-corrected chi connectivity index (χ2v) is 8.60. The molecule has 0 aliphatic rings. The van der Waals surface area contributed by atoms with Gasteiger partial charge in [0.25, 0.3) is 0 Å². The van der Waals surface area contributed by atoms with Crippen LogP contribution in [0.3, 0.4) is 0 Å². The second kappa shape index (κ2) is 13.3. The summed E-state index contributed by atoms with van der Waals surface area (Å²) in [5.41, 5.74) is 0. The van der Waals surface area contributed by atoms with Crippen molar-refractivity contribution in [3.63, 3.8) is 0 Å². The highest BCUT2D eigenvalue weighted by Gasteiger charge is 2.24. The lowest BCUT2D eigenvalue weighted by Gasteiger charge is -2.16. The van der Waals surface area contributed by atoms with Gasteiger partial charge in [-0.15, -0.1) is 26.3 Å². The van der Waals surface area contributed by atoms with Crippen molar-refractivity contribution in [2.75, 3.05) is 38.8 Å². The summed E-state index contributed by atoms with van der Waals surface area (Å²) in [4.78, 5) is 0. The van der Waals surface area contributed by atoms with E-state index in [1.165, 1.54) is 24.3 Å². The highest BCUT2D eigenvalue weighted by Crippen LogP contribution is 2.50. The van der Waals surface area contributed by atoms with Crippen LogP contribution in [-0.2, 0) is 27.2 Å². The van der Waals surface area contributed by atoms with Gasteiger partial charge in [0.1, 0.15) is 0 Å². The Balaban J connectivity index is 4.73. The van der Waals surface area contributed by atoms with Crippen molar-refractivity contribution in [2.24, 2.45) is 0 Å². The second-order valence-electron chi connectivity index (χ2n) is 4.40. The van der Waals surface area contributed by atoms with Gasteiger partial charge in [-0.3, -0.25) is 9.13 Å². The van der Waals surface area contributed by atoms with Crippen LogP contribution in [0.25, 0.3) is 0 Å². The van der Waals surface area contributed by atoms with Gasteiger partial charge >= 0.3 is 15.2 Å². The first-order valence-electron chi connectivity index (χ1n) is 7.30. The zero-order valence-corrected chi connectivity index (χ0v) is 15.7. The summed E-state index contributed by atoms with van der Waals surface area (Å²) in [6.45, 7) is 14.4. The minimum atomic E-state index is -3.31. The zero-order valence-electron chi connectivity index (χ0n) is 13.9. The molecule has 0 aromatic rings. The molecule has 8 heteroatoms. The van der Waals surface area contributed by atoms with Crippen molar-refractivity contribution in [1.29, 1.82) is 0 Å². The summed E-state index contributed by atoms with van der Waals surface area (Å²) in [5.74, 6) is 0. The van der Waals surface area contributed by atoms with Crippen LogP contribution in [-0.4, -0.2) is 38.8 Å². The average Bonchev–Trinajstić information content (AvgIpc) is 2.59. The van der Waals surface area contributed by atoms with Gasteiger partial charge in [-0.25, -0.2) is 0 Å². The Morgan fingerprint density at radius 3 is 1.04 bits per heavy atom. The molecule has 0 saturated heterocycles. The molecule has 0 aliphatic carbocycles. The Kier molecular flexibility index (Phi) is 12.8. The summed E-state index contributed by atoms with van der Waals surface area (Å²) in [5, 5.41) is 0. The third kappa shape index (κ3) is 10.7. The summed E-state index contributed by atoms with van der Waals surface area (Å²) in [6.07, 6.45) is 9.10. The van der Waals surface area contributed by atoms with Crippen LogP contribution in [0.15, 0.2) is 62.8 Å². The van der Waals surface area contributed by atoms with E-state index >= 15 is 0 Å². The lowest BCUT2D eigenvalue weighted by molar-refractivity contribution is 0.238. The first-order chi connectivity index (χ1) is 11.4. The van der Waals surface area contributed by atoms with Gasteiger partial charge in [-0.1, -0.05) is 36.5 Å². The third-order valence-electron chi connectivity index (χ3n) is 2.38. The van der Waals surface area contributed by atoms with Gasteiger partial charge < -0.3 is 18.1 Å². The highest BCUT2D eigenvalue weighted by molar-refractivity contribution is 7.54. The topological polar surface area (TPSA) is 71.1 Å². The Bertz CT molecular complexity index is 449. The third-order valence-corrected chi connectivity index (χ3v) is 5.87. The van der Waals surface area contributed by atoms with Crippen LogP contribution < -0.4 is 0 Å². The zero-order chi connectivity index (χ0) is 18.3. The van der Waals surface area contributed by atoms with Crippen molar-refractivity contribution in [3.05, 3.63) is 62.8 Å². The van der Waals surface area contributed by atoms with Gasteiger partial charge in [-0.05, 0) is 0 Å². The van der Waals surface area contributed by atoms with Gasteiger partial charge in [0.2, 0.25) is 0 Å². The van der Waals surface area contributed by atoms with Gasteiger partial charge in [0, 0.05) is 0 Å². The summed E-state index contributed by atoms with van der Waals surface area (Å²) in [6, 6.07) is 0. The Morgan fingerprint density at radius 2 is 0.833 bits per heavy atom. The summed E-state index contributed by atoms with van der Waals surface area (Å²) in [7, 11) is -6.62. The summed E-state index contributed by atoms with van der Waals surface area (Å²) >= 11 is 0. The van der Waals surface area contributed by atoms with Gasteiger partial charge in [0.05, 0.1) is 38.8 Å². The molecule has 0 atom stereocenters. The highest BCUT2D eigenvalue weighted by atomic mass is 31.2. The standard InChI is InChI=1S/C16H26O6P2/c1-5-11-19-23(17,20-12-6-2)15-9-10-16-24(18,21-13-7-3)22-14-8-4/h5-10H,1-4,11-16H2. The van der Waals surface area contributed by atoms with Crippen LogP contribution in [0, 0.1) is 0 Å². The monoisotopic (exact) mass is 376 g/mol. The van der Waals surface area contributed by atoms with Gasteiger partial charge in [0.15, 0.2) is 0 Å². The average molecular weight is 376 g/mol. The molecule has 136 valence electrons. The van der Waals surface area contributed by atoms with E-state index in [0.29, 0.717) is 0 Å². The van der Waals surface area contributed by atoms with Crippen molar-refractivity contribution < 1.29 is 27.2 Å². The molecule has 0 aliphatic heterocycles. The van der Waals surface area contributed by atoms with E-state index in [4.69, 9.17) is 18.1 Å². The molecule has 0 rings (SSSR count).